The molecule has 110 valence electrons. The molecule has 0 saturated carbocycles. The number of anilines is 1. The molecular weight excluding hydrogens is 266 g/mol. The molecule has 1 rings (SSSR count). The normalized spacial score (nSPS) is 9.60. The van der Waals surface area contributed by atoms with Gasteiger partial charge in [-0.15, -0.1) is 0 Å². The second-order valence-corrected chi connectivity index (χ2v) is 3.59. The van der Waals surface area contributed by atoms with Crippen molar-refractivity contribution in [1.29, 1.82) is 0 Å². The third-order valence-corrected chi connectivity index (χ3v) is 2.44. The first-order chi connectivity index (χ1) is 9.57. The molecule has 7 nitrogen and oxygen atoms in total. The zero-order valence-electron chi connectivity index (χ0n) is 11.8. The Morgan fingerprint density at radius 1 is 1.10 bits per heavy atom. The van der Waals surface area contributed by atoms with Crippen molar-refractivity contribution in [2.45, 2.75) is 6.92 Å². The molecule has 0 aliphatic carbocycles. The molecule has 1 aromatic rings. The molecule has 1 amide bonds. The van der Waals surface area contributed by atoms with Crippen LogP contribution in [0.3, 0.4) is 0 Å². The molecule has 20 heavy (non-hydrogen) atoms. The van der Waals surface area contributed by atoms with Gasteiger partial charge in [0.05, 0.1) is 39.2 Å². The average Bonchev–Trinajstić information content (AvgIpc) is 2.46. The largest absolute Gasteiger partial charge is 0.493 e. The van der Waals surface area contributed by atoms with Crippen molar-refractivity contribution < 1.29 is 28.5 Å². The highest BCUT2D eigenvalue weighted by Crippen LogP contribution is 2.33. The molecule has 1 N–H and O–H groups in total. The summed E-state index contributed by atoms with van der Waals surface area (Å²) in [6.07, 6.45) is -0.676. The smallest absolute Gasteiger partial charge is 0.411 e. The highest BCUT2D eigenvalue weighted by atomic mass is 16.5. The molecule has 0 aromatic heterocycles. The van der Waals surface area contributed by atoms with Gasteiger partial charge < -0.3 is 18.9 Å². The van der Waals surface area contributed by atoms with Gasteiger partial charge in [0.25, 0.3) is 0 Å². The Bertz CT molecular complexity index is 500. The van der Waals surface area contributed by atoms with E-state index in [1.165, 1.54) is 33.5 Å². The molecule has 0 fully saturated rings. The lowest BCUT2D eigenvalue weighted by atomic mass is 10.1. The minimum absolute atomic E-state index is 0.137. The van der Waals surface area contributed by atoms with Crippen LogP contribution >= 0.6 is 0 Å². The van der Waals surface area contributed by atoms with Gasteiger partial charge in [0.15, 0.2) is 11.5 Å². The monoisotopic (exact) mass is 283 g/mol. The van der Waals surface area contributed by atoms with Gasteiger partial charge >= 0.3 is 12.1 Å². The molecule has 0 aliphatic rings. The third kappa shape index (κ3) is 3.53. The van der Waals surface area contributed by atoms with E-state index in [1.54, 1.807) is 6.92 Å². The fraction of sp³-hybridized carbons (Fsp3) is 0.385. The molecule has 0 saturated heterocycles. The van der Waals surface area contributed by atoms with E-state index >= 15 is 0 Å². The van der Waals surface area contributed by atoms with E-state index in [1.807, 2.05) is 0 Å². The molecule has 0 unspecified atom stereocenters. The zero-order valence-corrected chi connectivity index (χ0v) is 11.8. The lowest BCUT2D eigenvalue weighted by Gasteiger charge is -2.14. The Labute approximate surface area is 116 Å². The molecule has 1 aromatic carbocycles. The Morgan fingerprint density at radius 2 is 1.70 bits per heavy atom. The van der Waals surface area contributed by atoms with Crippen LogP contribution in [0.4, 0.5) is 10.5 Å². The van der Waals surface area contributed by atoms with Crippen molar-refractivity contribution in [3.8, 4) is 11.5 Å². The predicted octanol–water partition coefficient (Wildman–Crippen LogP) is 2.06. The maximum absolute atomic E-state index is 11.7. The lowest BCUT2D eigenvalue weighted by Crippen LogP contribution is -2.16. The van der Waals surface area contributed by atoms with E-state index in [0.29, 0.717) is 11.5 Å². The highest BCUT2D eigenvalue weighted by molar-refractivity contribution is 6.00. The number of carbonyl (C=O) groups excluding carboxylic acids is 2. The number of hydrogen-bond acceptors (Lipinski definition) is 6. The number of nitrogens with one attached hydrogen (secondary N) is 1. The summed E-state index contributed by atoms with van der Waals surface area (Å²) < 4.78 is 19.7. The van der Waals surface area contributed by atoms with Crippen LogP contribution in [-0.2, 0) is 9.47 Å². The summed E-state index contributed by atoms with van der Waals surface area (Å²) in [4.78, 5) is 23.2. The highest BCUT2D eigenvalue weighted by Gasteiger charge is 2.19. The first-order valence-corrected chi connectivity index (χ1v) is 5.85. The van der Waals surface area contributed by atoms with Crippen molar-refractivity contribution >= 4 is 17.7 Å². The number of carbonyl (C=O) groups is 2. The Morgan fingerprint density at radius 3 is 2.20 bits per heavy atom. The predicted molar refractivity (Wildman–Crippen MR) is 71.5 cm³/mol. The summed E-state index contributed by atoms with van der Waals surface area (Å²) in [6.45, 7) is 1.89. The van der Waals surface area contributed by atoms with Crippen molar-refractivity contribution in [3.05, 3.63) is 17.7 Å². The molecule has 0 bridgehead atoms. The Kier molecular flexibility index (Phi) is 5.64. The average molecular weight is 283 g/mol. The van der Waals surface area contributed by atoms with Crippen LogP contribution in [0.25, 0.3) is 0 Å². The van der Waals surface area contributed by atoms with Crippen LogP contribution in [0.15, 0.2) is 12.1 Å². The molecule has 0 atom stereocenters. The second kappa shape index (κ2) is 7.22. The maximum atomic E-state index is 11.7. The number of amides is 1. The van der Waals surface area contributed by atoms with E-state index in [0.717, 1.165) is 0 Å². The quantitative estimate of drug-likeness (QED) is 0.833. The van der Waals surface area contributed by atoms with Gasteiger partial charge in [-0.2, -0.15) is 0 Å². The van der Waals surface area contributed by atoms with Crippen molar-refractivity contribution in [2.24, 2.45) is 0 Å². The van der Waals surface area contributed by atoms with Gasteiger partial charge in [-0.25, -0.2) is 9.59 Å². The summed E-state index contributed by atoms with van der Waals surface area (Å²) in [6, 6.07) is 2.88. The van der Waals surface area contributed by atoms with Crippen LogP contribution < -0.4 is 14.8 Å². The minimum Gasteiger partial charge on any atom is -0.493 e. The van der Waals surface area contributed by atoms with E-state index < -0.39 is 12.1 Å². The van der Waals surface area contributed by atoms with E-state index in [4.69, 9.17) is 14.2 Å². The van der Waals surface area contributed by atoms with Crippen molar-refractivity contribution in [2.75, 3.05) is 33.3 Å². The fourth-order valence-corrected chi connectivity index (χ4v) is 1.54. The number of methoxy groups -OCH3 is 3. The van der Waals surface area contributed by atoms with Crippen molar-refractivity contribution in [3.63, 3.8) is 0 Å². The zero-order chi connectivity index (χ0) is 15.1. The van der Waals surface area contributed by atoms with Gasteiger partial charge in [-0.05, 0) is 6.92 Å². The van der Waals surface area contributed by atoms with Gasteiger partial charge in [0.1, 0.15) is 0 Å². The summed E-state index contributed by atoms with van der Waals surface area (Å²) >= 11 is 0. The number of hydrogen-bond donors (Lipinski definition) is 1. The van der Waals surface area contributed by atoms with Gasteiger partial charge in [-0.1, -0.05) is 0 Å². The summed E-state index contributed by atoms with van der Waals surface area (Å²) in [5.74, 6) is 0.104. The van der Waals surface area contributed by atoms with E-state index in [9.17, 15) is 9.59 Å². The van der Waals surface area contributed by atoms with E-state index in [-0.39, 0.29) is 17.9 Å². The minimum atomic E-state index is -0.676. The fourth-order valence-electron chi connectivity index (χ4n) is 1.54. The SMILES string of the molecule is CCOC(=O)Nc1cc(OC)c(OC)cc1C(=O)OC. The topological polar surface area (TPSA) is 83.1 Å². The Balaban J connectivity index is 3.23. The molecule has 0 aliphatic heterocycles. The third-order valence-electron chi connectivity index (χ3n) is 2.44. The lowest BCUT2D eigenvalue weighted by molar-refractivity contribution is 0.0601. The summed E-state index contributed by atoms with van der Waals surface area (Å²) in [7, 11) is 4.13. The maximum Gasteiger partial charge on any atom is 0.411 e. The summed E-state index contributed by atoms with van der Waals surface area (Å²) in [5, 5.41) is 2.46. The number of ether oxygens (including phenoxy) is 4. The molecular formula is C13H17NO6. The molecule has 7 heteroatoms. The summed E-state index contributed by atoms with van der Waals surface area (Å²) in [5.41, 5.74) is 0.353. The number of esters is 1. The van der Waals surface area contributed by atoms with Crippen LogP contribution in [0.1, 0.15) is 17.3 Å². The number of benzene rings is 1. The standard InChI is InChI=1S/C13H17NO6/c1-5-20-13(16)14-9-7-11(18-3)10(17-2)6-8(9)12(15)19-4/h6-7H,5H2,1-4H3,(H,14,16). The van der Waals surface area contributed by atoms with Crippen molar-refractivity contribution in [1.82, 2.24) is 0 Å². The van der Waals surface area contributed by atoms with Crippen LogP contribution in [-0.4, -0.2) is 40.0 Å². The van der Waals surface area contributed by atoms with Gasteiger partial charge in [0, 0.05) is 12.1 Å². The first-order valence-electron chi connectivity index (χ1n) is 5.85. The van der Waals surface area contributed by atoms with E-state index in [2.05, 4.69) is 10.1 Å². The van der Waals surface area contributed by atoms with Gasteiger partial charge in [0.2, 0.25) is 0 Å². The Hall–Kier alpha value is -2.44. The second-order valence-electron chi connectivity index (χ2n) is 3.59. The van der Waals surface area contributed by atoms with Crippen LogP contribution in [0.5, 0.6) is 11.5 Å². The van der Waals surface area contributed by atoms with Crippen LogP contribution in [0, 0.1) is 0 Å². The van der Waals surface area contributed by atoms with Crippen LogP contribution in [0.2, 0.25) is 0 Å². The van der Waals surface area contributed by atoms with Gasteiger partial charge in [-0.3, -0.25) is 5.32 Å². The number of rotatable bonds is 5. The molecule has 0 spiro atoms. The first kappa shape index (κ1) is 15.6. The molecule has 0 heterocycles. The molecule has 0 radical (unpaired) electrons.